The van der Waals surface area contributed by atoms with Crippen molar-refractivity contribution in [1.82, 2.24) is 5.32 Å². The van der Waals surface area contributed by atoms with Crippen molar-refractivity contribution >= 4 is 5.91 Å². The fraction of sp³-hybridized carbons (Fsp3) is 0.917. The van der Waals surface area contributed by atoms with Gasteiger partial charge in [-0.15, -0.1) is 0 Å². The maximum Gasteiger partial charge on any atom is 0.249 e. The molecule has 0 aromatic carbocycles. The first-order valence-corrected chi connectivity index (χ1v) is 18.0. The number of allylic oxidation sites excluding steroid dienone is 1. The van der Waals surface area contributed by atoms with E-state index in [1.165, 1.54) is 135 Å². The maximum absolute atomic E-state index is 12.4. The molecule has 0 spiro atoms. The summed E-state index contributed by atoms with van der Waals surface area (Å²) in [5, 5.41) is 32.9. The molecule has 0 aliphatic rings. The van der Waals surface area contributed by atoms with Crippen LogP contribution in [0.2, 0.25) is 0 Å². The number of amides is 1. The zero-order valence-electron chi connectivity index (χ0n) is 27.4. The Labute approximate surface area is 255 Å². The third-order valence-electron chi connectivity index (χ3n) is 8.38. The molecule has 0 radical (unpaired) electrons. The van der Waals surface area contributed by atoms with E-state index in [1.807, 2.05) is 6.08 Å². The summed E-state index contributed by atoms with van der Waals surface area (Å²) >= 11 is 0. The third-order valence-corrected chi connectivity index (χ3v) is 8.38. The largest absolute Gasteiger partial charge is 0.394 e. The molecular formula is C36H71NO4. The highest BCUT2D eigenvalue weighted by molar-refractivity contribution is 5.80. The summed E-state index contributed by atoms with van der Waals surface area (Å²) in [6.07, 6.45) is 35.1. The molecule has 0 fully saturated rings. The lowest BCUT2D eigenvalue weighted by Crippen LogP contribution is -2.48. The fourth-order valence-corrected chi connectivity index (χ4v) is 5.48. The van der Waals surface area contributed by atoms with Gasteiger partial charge in [0, 0.05) is 0 Å². The minimum absolute atomic E-state index is 0.360. The van der Waals surface area contributed by atoms with Crippen molar-refractivity contribution in [2.75, 3.05) is 6.61 Å². The van der Waals surface area contributed by atoms with Crippen LogP contribution in [0.25, 0.3) is 0 Å². The van der Waals surface area contributed by atoms with Crippen molar-refractivity contribution in [2.24, 2.45) is 0 Å². The van der Waals surface area contributed by atoms with Gasteiger partial charge in [0.15, 0.2) is 0 Å². The van der Waals surface area contributed by atoms with E-state index in [-0.39, 0.29) is 6.61 Å². The first kappa shape index (κ1) is 40.1. The Morgan fingerprint density at radius 1 is 0.585 bits per heavy atom. The number of unbranched alkanes of at least 4 members (excludes halogenated alkanes) is 24. The molecule has 1 amide bonds. The quantitative estimate of drug-likeness (QED) is 0.0471. The lowest BCUT2D eigenvalue weighted by molar-refractivity contribution is -0.131. The molecule has 0 saturated heterocycles. The van der Waals surface area contributed by atoms with Gasteiger partial charge in [0.1, 0.15) is 6.10 Å². The molecule has 0 rings (SSSR count). The van der Waals surface area contributed by atoms with Gasteiger partial charge < -0.3 is 20.6 Å². The Kier molecular flexibility index (Phi) is 31.3. The van der Waals surface area contributed by atoms with E-state index in [1.54, 1.807) is 6.08 Å². The van der Waals surface area contributed by atoms with E-state index in [4.69, 9.17) is 0 Å². The molecule has 0 bridgehead atoms. The molecule has 0 aromatic rings. The van der Waals surface area contributed by atoms with Gasteiger partial charge in [0.05, 0.1) is 18.8 Å². The maximum atomic E-state index is 12.4. The van der Waals surface area contributed by atoms with E-state index < -0.39 is 24.2 Å². The summed E-state index contributed by atoms with van der Waals surface area (Å²) in [4.78, 5) is 12.4. The molecule has 3 atom stereocenters. The average molecular weight is 582 g/mol. The minimum atomic E-state index is -1.09. The number of hydrogen-bond donors (Lipinski definition) is 4. The standard InChI is InChI=1S/C36H71NO4/c1-3-5-7-9-11-13-15-16-17-18-19-21-23-25-27-29-31-35(40)36(41)37-33(32-38)34(39)30-28-26-24-22-20-14-12-10-8-6-4-2/h28,30,33-35,38-40H,3-27,29,31-32H2,1-2H3,(H,37,41)/b30-28+/t33-,34+,35?/m0/s1. The van der Waals surface area contributed by atoms with Crippen LogP contribution >= 0.6 is 0 Å². The monoisotopic (exact) mass is 582 g/mol. The van der Waals surface area contributed by atoms with E-state index in [2.05, 4.69) is 19.2 Å². The van der Waals surface area contributed by atoms with Crippen LogP contribution in [-0.4, -0.2) is 46.1 Å². The topological polar surface area (TPSA) is 89.8 Å². The molecule has 1 unspecified atom stereocenters. The first-order chi connectivity index (χ1) is 20.1. The highest BCUT2D eigenvalue weighted by atomic mass is 16.3. The van der Waals surface area contributed by atoms with E-state index in [9.17, 15) is 20.1 Å². The van der Waals surface area contributed by atoms with Crippen molar-refractivity contribution in [3.8, 4) is 0 Å². The second-order valence-electron chi connectivity index (χ2n) is 12.4. The summed E-state index contributed by atoms with van der Waals surface area (Å²) in [6, 6.07) is -0.790. The lowest BCUT2D eigenvalue weighted by Gasteiger charge is -2.21. The number of aliphatic hydroxyl groups is 3. The molecule has 0 aliphatic carbocycles. The van der Waals surface area contributed by atoms with E-state index in [0.717, 1.165) is 32.1 Å². The van der Waals surface area contributed by atoms with Crippen LogP contribution in [0.5, 0.6) is 0 Å². The molecule has 5 heteroatoms. The molecule has 4 N–H and O–H groups in total. The second kappa shape index (κ2) is 32.0. The number of aliphatic hydroxyl groups excluding tert-OH is 3. The lowest BCUT2D eigenvalue weighted by atomic mass is 10.0. The normalized spacial score (nSPS) is 14.0. The summed E-state index contributed by atoms with van der Waals surface area (Å²) in [7, 11) is 0. The van der Waals surface area contributed by atoms with Gasteiger partial charge in [0.2, 0.25) is 5.91 Å². The van der Waals surface area contributed by atoms with Gasteiger partial charge in [-0.25, -0.2) is 0 Å². The summed E-state index contributed by atoms with van der Waals surface area (Å²) in [5.41, 5.74) is 0. The van der Waals surface area contributed by atoms with Crippen LogP contribution < -0.4 is 5.32 Å². The number of nitrogens with one attached hydrogen (secondary N) is 1. The van der Waals surface area contributed by atoms with Crippen LogP contribution in [0.1, 0.15) is 187 Å². The smallest absolute Gasteiger partial charge is 0.249 e. The summed E-state index contributed by atoms with van der Waals surface area (Å²) < 4.78 is 0. The number of rotatable bonds is 32. The summed E-state index contributed by atoms with van der Waals surface area (Å²) in [5.74, 6) is -0.503. The van der Waals surface area contributed by atoms with Crippen molar-refractivity contribution in [3.63, 3.8) is 0 Å². The number of carbonyl (C=O) groups excluding carboxylic acids is 1. The minimum Gasteiger partial charge on any atom is -0.394 e. The van der Waals surface area contributed by atoms with Gasteiger partial charge in [-0.3, -0.25) is 4.79 Å². The van der Waals surface area contributed by atoms with Gasteiger partial charge in [0.25, 0.3) is 0 Å². The highest BCUT2D eigenvalue weighted by Crippen LogP contribution is 2.15. The predicted molar refractivity (Wildman–Crippen MR) is 176 cm³/mol. The predicted octanol–water partition coefficient (Wildman–Crippen LogP) is 9.31. The van der Waals surface area contributed by atoms with Crippen LogP contribution in [0.15, 0.2) is 12.2 Å². The Bertz CT molecular complexity index is 568. The van der Waals surface area contributed by atoms with Gasteiger partial charge in [-0.1, -0.05) is 180 Å². The molecule has 0 aromatic heterocycles. The van der Waals surface area contributed by atoms with Crippen LogP contribution in [0.4, 0.5) is 0 Å². The zero-order chi connectivity index (χ0) is 30.2. The van der Waals surface area contributed by atoms with Gasteiger partial charge in [-0.2, -0.15) is 0 Å². The summed E-state index contributed by atoms with van der Waals surface area (Å²) in [6.45, 7) is 4.15. The van der Waals surface area contributed by atoms with Crippen molar-refractivity contribution in [3.05, 3.63) is 12.2 Å². The number of carbonyl (C=O) groups is 1. The van der Waals surface area contributed by atoms with Gasteiger partial charge >= 0.3 is 0 Å². The van der Waals surface area contributed by atoms with Gasteiger partial charge in [-0.05, 0) is 19.3 Å². The Morgan fingerprint density at radius 3 is 1.34 bits per heavy atom. The molecule has 0 heterocycles. The Morgan fingerprint density at radius 2 is 0.951 bits per heavy atom. The molecular weight excluding hydrogens is 510 g/mol. The SMILES string of the molecule is CCCCCCCCCCC/C=C/[C@@H](O)[C@H](CO)NC(=O)C(O)CCCCCCCCCCCCCCCCCC. The van der Waals surface area contributed by atoms with Crippen LogP contribution in [-0.2, 0) is 4.79 Å². The van der Waals surface area contributed by atoms with Crippen LogP contribution in [0.3, 0.4) is 0 Å². The molecule has 0 saturated carbocycles. The molecule has 0 aliphatic heterocycles. The van der Waals surface area contributed by atoms with E-state index in [0.29, 0.717) is 6.42 Å². The van der Waals surface area contributed by atoms with Crippen molar-refractivity contribution in [2.45, 2.75) is 205 Å². The fourth-order valence-electron chi connectivity index (χ4n) is 5.48. The Balaban J connectivity index is 3.71. The van der Waals surface area contributed by atoms with Crippen LogP contribution in [0, 0.1) is 0 Å². The zero-order valence-corrected chi connectivity index (χ0v) is 27.4. The molecule has 41 heavy (non-hydrogen) atoms. The average Bonchev–Trinajstić information content (AvgIpc) is 2.98. The highest BCUT2D eigenvalue weighted by Gasteiger charge is 2.22. The van der Waals surface area contributed by atoms with E-state index >= 15 is 0 Å². The molecule has 5 nitrogen and oxygen atoms in total. The van der Waals surface area contributed by atoms with Crippen molar-refractivity contribution in [1.29, 1.82) is 0 Å². The number of hydrogen-bond acceptors (Lipinski definition) is 4. The first-order valence-electron chi connectivity index (χ1n) is 18.0. The second-order valence-corrected chi connectivity index (χ2v) is 12.4. The third kappa shape index (κ3) is 27.7. The van der Waals surface area contributed by atoms with Crippen molar-refractivity contribution < 1.29 is 20.1 Å². The Hall–Kier alpha value is -0.910. The molecule has 244 valence electrons.